The summed E-state index contributed by atoms with van der Waals surface area (Å²) < 4.78 is 10.3. The molecule has 1 aliphatic heterocycles. The van der Waals surface area contributed by atoms with Crippen LogP contribution in [0.15, 0.2) is 34.7 Å². The zero-order chi connectivity index (χ0) is 11.7. The van der Waals surface area contributed by atoms with Crippen molar-refractivity contribution in [2.75, 3.05) is 6.61 Å². The van der Waals surface area contributed by atoms with E-state index in [-0.39, 0.29) is 11.7 Å². The highest BCUT2D eigenvalue weighted by Gasteiger charge is 2.32. The first-order valence-electron chi connectivity index (χ1n) is 5.31. The monoisotopic (exact) mass is 222 g/mol. The molecule has 0 saturated heterocycles. The lowest BCUT2D eigenvalue weighted by Crippen LogP contribution is -2.09. The van der Waals surface area contributed by atoms with Gasteiger partial charge in [0.25, 0.3) is 0 Å². The van der Waals surface area contributed by atoms with Gasteiger partial charge in [-0.3, -0.25) is 4.79 Å². The molecule has 86 valence electrons. The number of aliphatic hydroxyl groups is 1. The molecule has 0 atom stereocenters. The van der Waals surface area contributed by atoms with Gasteiger partial charge in [0.05, 0.1) is 12.9 Å². The van der Waals surface area contributed by atoms with Crippen LogP contribution < -0.4 is 0 Å². The van der Waals surface area contributed by atoms with Crippen molar-refractivity contribution in [1.29, 1.82) is 0 Å². The van der Waals surface area contributed by atoms with Crippen LogP contribution in [0.2, 0.25) is 0 Å². The molecule has 1 N–H and O–H groups in total. The Morgan fingerprint density at radius 1 is 1.56 bits per heavy atom. The number of allylic oxidation sites excluding steroid dienone is 2. The number of carbonyl (C=O) groups is 1. The van der Waals surface area contributed by atoms with Crippen LogP contribution in [-0.4, -0.2) is 17.5 Å². The first-order chi connectivity index (χ1) is 7.65. The minimum absolute atomic E-state index is 0.0188. The minimum atomic E-state index is -0.263. The quantitative estimate of drug-likeness (QED) is 0.796. The fraction of sp³-hybridized carbons (Fsp3) is 0.417. The normalized spacial score (nSPS) is 19.2. The number of ketones is 1. The van der Waals surface area contributed by atoms with Gasteiger partial charge in [-0.25, -0.2) is 0 Å². The molecule has 0 spiro atoms. The van der Waals surface area contributed by atoms with E-state index < -0.39 is 0 Å². The maximum Gasteiger partial charge on any atom is 0.326 e. The third-order valence-corrected chi connectivity index (χ3v) is 2.71. The molecule has 2 rings (SSSR count). The lowest BCUT2D eigenvalue weighted by Gasteiger charge is -2.18. The number of aliphatic hydroxyl groups excluding tert-OH is 1. The minimum Gasteiger partial charge on any atom is -0.487 e. The summed E-state index contributed by atoms with van der Waals surface area (Å²) in [7, 11) is 0. The molecule has 1 heterocycles. The number of ether oxygens (including phenoxy) is 2. The van der Waals surface area contributed by atoms with Gasteiger partial charge < -0.3 is 14.6 Å². The molecule has 0 saturated carbocycles. The van der Waals surface area contributed by atoms with E-state index in [0.717, 1.165) is 17.6 Å². The van der Waals surface area contributed by atoms with Crippen LogP contribution in [0.5, 0.6) is 0 Å². The standard InChI is InChI=1S/C12H14O4/c1-3-15-11-10-8(6-16-12(11)14)4-5-9(10)7(2)13/h6,14H,3-5H2,1-2H3. The van der Waals surface area contributed by atoms with Crippen molar-refractivity contribution >= 4 is 5.78 Å². The number of Topliss-reactive ketones (excluding diaryl/α,β-unsaturated/α-hetero) is 1. The second-order valence-electron chi connectivity index (χ2n) is 3.74. The van der Waals surface area contributed by atoms with E-state index >= 15 is 0 Å². The molecule has 4 nitrogen and oxygen atoms in total. The topological polar surface area (TPSA) is 55.8 Å². The number of fused-ring (bicyclic) bond motifs is 1. The Morgan fingerprint density at radius 3 is 2.94 bits per heavy atom. The Labute approximate surface area is 93.9 Å². The first-order valence-corrected chi connectivity index (χ1v) is 5.31. The molecule has 0 aromatic rings. The molecule has 0 aromatic carbocycles. The third kappa shape index (κ3) is 1.60. The summed E-state index contributed by atoms with van der Waals surface area (Å²) in [5, 5.41) is 9.59. The number of rotatable bonds is 3. The summed E-state index contributed by atoms with van der Waals surface area (Å²) in [6, 6.07) is 0. The van der Waals surface area contributed by atoms with Crippen LogP contribution in [0.3, 0.4) is 0 Å². The summed E-state index contributed by atoms with van der Waals surface area (Å²) in [4.78, 5) is 11.5. The summed E-state index contributed by atoms with van der Waals surface area (Å²) in [5.74, 6) is 0.0502. The molecule has 0 bridgehead atoms. The summed E-state index contributed by atoms with van der Waals surface area (Å²) in [6.45, 7) is 3.77. The Bertz CT molecular complexity index is 426. The summed E-state index contributed by atoms with van der Waals surface area (Å²) >= 11 is 0. The second-order valence-corrected chi connectivity index (χ2v) is 3.74. The Hall–Kier alpha value is -1.71. The van der Waals surface area contributed by atoms with E-state index in [1.165, 1.54) is 13.2 Å². The second kappa shape index (κ2) is 4.04. The molecular weight excluding hydrogens is 208 g/mol. The fourth-order valence-electron chi connectivity index (χ4n) is 2.02. The Kier molecular flexibility index (Phi) is 2.73. The zero-order valence-corrected chi connectivity index (χ0v) is 9.37. The van der Waals surface area contributed by atoms with Crippen molar-refractivity contribution in [2.24, 2.45) is 0 Å². The van der Waals surface area contributed by atoms with Crippen LogP contribution >= 0.6 is 0 Å². The highest BCUT2D eigenvalue weighted by atomic mass is 16.6. The van der Waals surface area contributed by atoms with Crippen LogP contribution in [0.25, 0.3) is 0 Å². The number of carbonyl (C=O) groups excluding carboxylic acids is 1. The molecule has 0 radical (unpaired) electrons. The highest BCUT2D eigenvalue weighted by molar-refractivity contribution is 5.96. The maximum atomic E-state index is 11.5. The van der Waals surface area contributed by atoms with Crippen molar-refractivity contribution in [3.8, 4) is 0 Å². The number of hydrogen-bond acceptors (Lipinski definition) is 4. The van der Waals surface area contributed by atoms with Gasteiger partial charge in [0.1, 0.15) is 0 Å². The molecule has 4 heteroatoms. The van der Waals surface area contributed by atoms with Gasteiger partial charge in [-0.05, 0) is 32.3 Å². The smallest absolute Gasteiger partial charge is 0.326 e. The largest absolute Gasteiger partial charge is 0.487 e. The average Bonchev–Trinajstić information content (AvgIpc) is 2.66. The predicted molar refractivity (Wildman–Crippen MR) is 57.4 cm³/mol. The van der Waals surface area contributed by atoms with Crippen molar-refractivity contribution in [3.63, 3.8) is 0 Å². The van der Waals surface area contributed by atoms with Crippen molar-refractivity contribution < 1.29 is 19.4 Å². The third-order valence-electron chi connectivity index (χ3n) is 2.71. The summed E-state index contributed by atoms with van der Waals surface area (Å²) in [5.41, 5.74) is 2.36. The predicted octanol–water partition coefficient (Wildman–Crippen LogP) is 2.34. The Morgan fingerprint density at radius 2 is 2.31 bits per heavy atom. The molecule has 2 aliphatic rings. The van der Waals surface area contributed by atoms with Gasteiger partial charge in [0, 0.05) is 11.1 Å². The van der Waals surface area contributed by atoms with Gasteiger partial charge in [0.15, 0.2) is 5.78 Å². The maximum absolute atomic E-state index is 11.5. The van der Waals surface area contributed by atoms with E-state index in [2.05, 4.69) is 0 Å². The van der Waals surface area contributed by atoms with Gasteiger partial charge in [-0.1, -0.05) is 0 Å². The molecular formula is C12H14O4. The lowest BCUT2D eigenvalue weighted by molar-refractivity contribution is -0.113. The van der Waals surface area contributed by atoms with Gasteiger partial charge in [0.2, 0.25) is 5.76 Å². The fourth-order valence-corrected chi connectivity index (χ4v) is 2.02. The van der Waals surface area contributed by atoms with Crippen LogP contribution in [-0.2, 0) is 14.3 Å². The van der Waals surface area contributed by atoms with E-state index in [1.54, 1.807) is 0 Å². The van der Waals surface area contributed by atoms with E-state index in [9.17, 15) is 9.90 Å². The molecule has 0 unspecified atom stereocenters. The van der Waals surface area contributed by atoms with E-state index in [1.807, 2.05) is 6.92 Å². The lowest BCUT2D eigenvalue weighted by atomic mass is 10.0. The zero-order valence-electron chi connectivity index (χ0n) is 9.37. The van der Waals surface area contributed by atoms with Gasteiger partial charge in [-0.2, -0.15) is 0 Å². The summed E-state index contributed by atoms with van der Waals surface area (Å²) in [6.07, 6.45) is 2.93. The van der Waals surface area contributed by atoms with Crippen molar-refractivity contribution in [3.05, 3.63) is 34.7 Å². The highest BCUT2D eigenvalue weighted by Crippen LogP contribution is 2.40. The molecule has 0 amide bonds. The van der Waals surface area contributed by atoms with Crippen LogP contribution in [0, 0.1) is 0 Å². The molecule has 1 aliphatic carbocycles. The average molecular weight is 222 g/mol. The Balaban J connectivity index is 2.49. The number of hydrogen-bond donors (Lipinski definition) is 1. The molecule has 0 aromatic heterocycles. The van der Waals surface area contributed by atoms with Crippen LogP contribution in [0.4, 0.5) is 0 Å². The van der Waals surface area contributed by atoms with Crippen molar-refractivity contribution in [2.45, 2.75) is 26.7 Å². The van der Waals surface area contributed by atoms with E-state index in [0.29, 0.717) is 24.4 Å². The van der Waals surface area contributed by atoms with Crippen LogP contribution in [0.1, 0.15) is 26.7 Å². The molecule has 0 fully saturated rings. The van der Waals surface area contributed by atoms with E-state index in [4.69, 9.17) is 9.47 Å². The molecule has 16 heavy (non-hydrogen) atoms. The van der Waals surface area contributed by atoms with Crippen molar-refractivity contribution in [1.82, 2.24) is 0 Å². The van der Waals surface area contributed by atoms with Gasteiger partial charge in [-0.15, -0.1) is 0 Å². The SMILES string of the molecule is CCOC1=C(O)OC=C2CCC(C(C)=O)=C21. The van der Waals surface area contributed by atoms with Gasteiger partial charge >= 0.3 is 5.95 Å². The first kappa shape index (κ1) is 10.8.